The predicted octanol–water partition coefficient (Wildman–Crippen LogP) is 1.86. The van der Waals surface area contributed by atoms with E-state index >= 15 is 0 Å². The zero-order chi connectivity index (χ0) is 15.2. The van der Waals surface area contributed by atoms with Crippen LogP contribution < -0.4 is 10.6 Å². The lowest BCUT2D eigenvalue weighted by molar-refractivity contribution is -0.142. The van der Waals surface area contributed by atoms with Crippen LogP contribution in [0.15, 0.2) is 24.3 Å². The Morgan fingerprint density at radius 1 is 1.30 bits per heavy atom. The number of carbonyl (C=O) groups is 2. The first kappa shape index (κ1) is 16.0. The highest BCUT2D eigenvalue weighted by Crippen LogP contribution is 2.16. The van der Waals surface area contributed by atoms with Crippen molar-refractivity contribution in [1.82, 2.24) is 5.32 Å². The number of carboxylic acids is 1. The van der Waals surface area contributed by atoms with E-state index in [1.165, 1.54) is 13.8 Å². The summed E-state index contributed by atoms with van der Waals surface area (Å²) in [6, 6.07) is 6.76. The molecule has 0 saturated heterocycles. The number of benzene rings is 1. The van der Waals surface area contributed by atoms with Gasteiger partial charge in [0.25, 0.3) is 0 Å². The third-order valence-electron chi connectivity index (χ3n) is 2.80. The first-order chi connectivity index (χ1) is 9.36. The molecule has 0 unspecified atom stereocenters. The Kier molecular flexibility index (Phi) is 5.52. The van der Waals surface area contributed by atoms with E-state index in [-0.39, 0.29) is 0 Å². The third kappa shape index (κ3) is 4.55. The fraction of sp³-hybridized carbons (Fsp3) is 0.429. The van der Waals surface area contributed by atoms with Crippen LogP contribution >= 0.6 is 0 Å². The number of ether oxygens (including phenoxy) is 1. The van der Waals surface area contributed by atoms with Crippen molar-refractivity contribution >= 4 is 17.7 Å². The summed E-state index contributed by atoms with van der Waals surface area (Å²) in [7, 11) is 1.61. The molecule has 0 aliphatic rings. The minimum atomic E-state index is -1.33. The number of urea groups is 1. The molecule has 6 nitrogen and oxygen atoms in total. The zero-order valence-electron chi connectivity index (χ0n) is 11.9. The summed E-state index contributed by atoms with van der Waals surface area (Å²) in [5.74, 6) is -1.10. The second kappa shape index (κ2) is 6.91. The van der Waals surface area contributed by atoms with Gasteiger partial charge in [-0.1, -0.05) is 18.2 Å². The number of rotatable bonds is 6. The molecule has 0 aliphatic carbocycles. The lowest BCUT2D eigenvalue weighted by Gasteiger charge is -2.21. The number of carbonyl (C=O) groups excluding carboxylic acids is 1. The van der Waals surface area contributed by atoms with E-state index in [1.807, 2.05) is 12.1 Å². The van der Waals surface area contributed by atoms with E-state index < -0.39 is 17.5 Å². The summed E-state index contributed by atoms with van der Waals surface area (Å²) >= 11 is 0. The predicted molar refractivity (Wildman–Crippen MR) is 75.9 cm³/mol. The number of amides is 2. The fourth-order valence-electron chi connectivity index (χ4n) is 1.56. The summed E-state index contributed by atoms with van der Waals surface area (Å²) in [5, 5.41) is 14.0. The van der Waals surface area contributed by atoms with Crippen molar-refractivity contribution in [3.63, 3.8) is 0 Å². The Morgan fingerprint density at radius 3 is 2.55 bits per heavy atom. The zero-order valence-corrected chi connectivity index (χ0v) is 11.9. The number of methoxy groups -OCH3 is 1. The van der Waals surface area contributed by atoms with E-state index in [1.54, 1.807) is 19.2 Å². The van der Waals surface area contributed by atoms with Crippen LogP contribution in [0.25, 0.3) is 0 Å². The number of hydrogen-bond acceptors (Lipinski definition) is 3. The Labute approximate surface area is 118 Å². The lowest BCUT2D eigenvalue weighted by Crippen LogP contribution is -2.51. The normalized spacial score (nSPS) is 10.9. The summed E-state index contributed by atoms with van der Waals surface area (Å²) < 4.78 is 5.01. The maximum atomic E-state index is 11.8. The fourth-order valence-corrected chi connectivity index (χ4v) is 1.56. The molecule has 0 aliphatic heterocycles. The van der Waals surface area contributed by atoms with Crippen molar-refractivity contribution in [3.8, 4) is 0 Å². The SMILES string of the molecule is COCCc1ccccc1NC(=O)NC(C)(C)C(=O)O. The van der Waals surface area contributed by atoms with Gasteiger partial charge in [0.1, 0.15) is 5.54 Å². The molecule has 0 radical (unpaired) electrons. The monoisotopic (exact) mass is 280 g/mol. The van der Waals surface area contributed by atoms with Gasteiger partial charge in [-0.05, 0) is 31.9 Å². The summed E-state index contributed by atoms with van der Waals surface area (Å²) in [4.78, 5) is 22.8. The topological polar surface area (TPSA) is 87.7 Å². The summed E-state index contributed by atoms with van der Waals surface area (Å²) in [6.45, 7) is 3.39. The average molecular weight is 280 g/mol. The molecule has 0 spiro atoms. The molecule has 0 saturated carbocycles. The van der Waals surface area contributed by atoms with Crippen LogP contribution in [0.1, 0.15) is 19.4 Å². The van der Waals surface area contributed by atoms with Gasteiger partial charge >= 0.3 is 12.0 Å². The molecule has 3 N–H and O–H groups in total. The highest BCUT2D eigenvalue weighted by atomic mass is 16.5. The van der Waals surface area contributed by atoms with E-state index in [0.717, 1.165) is 5.56 Å². The smallest absolute Gasteiger partial charge is 0.328 e. The molecule has 6 heteroatoms. The van der Waals surface area contributed by atoms with Gasteiger partial charge in [0.2, 0.25) is 0 Å². The molecule has 0 atom stereocenters. The molecule has 110 valence electrons. The molecule has 2 amide bonds. The second-order valence-corrected chi connectivity index (χ2v) is 4.91. The van der Waals surface area contributed by atoms with E-state index in [9.17, 15) is 9.59 Å². The number of aliphatic carboxylic acids is 1. The average Bonchev–Trinajstić information content (AvgIpc) is 2.36. The van der Waals surface area contributed by atoms with Gasteiger partial charge < -0.3 is 20.5 Å². The highest BCUT2D eigenvalue weighted by molar-refractivity contribution is 5.94. The van der Waals surface area contributed by atoms with Crippen LogP contribution in [0.2, 0.25) is 0 Å². The second-order valence-electron chi connectivity index (χ2n) is 4.91. The first-order valence-corrected chi connectivity index (χ1v) is 6.26. The number of hydrogen-bond donors (Lipinski definition) is 3. The van der Waals surface area contributed by atoms with Gasteiger partial charge in [-0.15, -0.1) is 0 Å². The van der Waals surface area contributed by atoms with Crippen molar-refractivity contribution in [1.29, 1.82) is 0 Å². The van der Waals surface area contributed by atoms with Gasteiger partial charge in [0.05, 0.1) is 6.61 Å². The maximum Gasteiger partial charge on any atom is 0.328 e. The molecule has 1 aromatic carbocycles. The summed E-state index contributed by atoms with van der Waals surface area (Å²) in [6.07, 6.45) is 0.662. The largest absolute Gasteiger partial charge is 0.480 e. The molecule has 0 heterocycles. The van der Waals surface area contributed by atoms with E-state index in [4.69, 9.17) is 9.84 Å². The maximum absolute atomic E-state index is 11.8. The Balaban J connectivity index is 2.73. The van der Waals surface area contributed by atoms with Crippen LogP contribution in [0.4, 0.5) is 10.5 Å². The first-order valence-electron chi connectivity index (χ1n) is 6.26. The lowest BCUT2D eigenvalue weighted by atomic mass is 10.1. The van der Waals surface area contributed by atoms with Crippen molar-refractivity contribution in [2.75, 3.05) is 19.0 Å². The van der Waals surface area contributed by atoms with Crippen molar-refractivity contribution in [2.24, 2.45) is 0 Å². The molecule has 1 rings (SSSR count). The standard InChI is InChI=1S/C14H20N2O4/c1-14(2,12(17)18)16-13(19)15-11-7-5-4-6-10(11)8-9-20-3/h4-7H,8-9H2,1-3H3,(H,17,18)(H2,15,16,19). The van der Waals surface area contributed by atoms with Crippen LogP contribution in [-0.2, 0) is 16.0 Å². The Morgan fingerprint density at radius 2 is 1.95 bits per heavy atom. The Hall–Kier alpha value is -2.08. The molecule has 20 heavy (non-hydrogen) atoms. The van der Waals surface area contributed by atoms with Crippen molar-refractivity contribution < 1.29 is 19.4 Å². The number of nitrogens with one attached hydrogen (secondary N) is 2. The number of anilines is 1. The highest BCUT2D eigenvalue weighted by Gasteiger charge is 2.29. The minimum Gasteiger partial charge on any atom is -0.480 e. The molecular formula is C14H20N2O4. The van der Waals surface area contributed by atoms with Gasteiger partial charge in [-0.2, -0.15) is 0 Å². The van der Waals surface area contributed by atoms with Gasteiger partial charge in [-0.25, -0.2) is 9.59 Å². The van der Waals surface area contributed by atoms with E-state index in [0.29, 0.717) is 18.7 Å². The molecular weight excluding hydrogens is 260 g/mol. The molecule has 0 fully saturated rings. The molecule has 0 aromatic heterocycles. The molecule has 0 bridgehead atoms. The van der Waals surface area contributed by atoms with Crippen LogP contribution in [0.5, 0.6) is 0 Å². The number of para-hydroxylation sites is 1. The van der Waals surface area contributed by atoms with Crippen molar-refractivity contribution in [3.05, 3.63) is 29.8 Å². The van der Waals surface area contributed by atoms with Gasteiger partial charge in [-0.3, -0.25) is 0 Å². The quantitative estimate of drug-likeness (QED) is 0.742. The Bertz CT molecular complexity index is 486. The van der Waals surface area contributed by atoms with Crippen LogP contribution in [0, 0.1) is 0 Å². The van der Waals surface area contributed by atoms with E-state index in [2.05, 4.69) is 10.6 Å². The minimum absolute atomic E-state index is 0.543. The van der Waals surface area contributed by atoms with Crippen molar-refractivity contribution in [2.45, 2.75) is 25.8 Å². The molecule has 1 aromatic rings. The van der Waals surface area contributed by atoms with Crippen LogP contribution in [0.3, 0.4) is 0 Å². The van der Waals surface area contributed by atoms with Crippen LogP contribution in [-0.4, -0.2) is 36.4 Å². The third-order valence-corrected chi connectivity index (χ3v) is 2.80. The van der Waals surface area contributed by atoms with Gasteiger partial charge in [0.15, 0.2) is 0 Å². The summed E-state index contributed by atoms with van der Waals surface area (Å²) in [5.41, 5.74) is 0.242. The van der Waals surface area contributed by atoms with Gasteiger partial charge in [0, 0.05) is 12.8 Å². The number of carboxylic acid groups (broad SMARTS) is 1.